The molecule has 2 saturated carbocycles. The molecule has 0 aromatic carbocycles. The molecule has 1 aromatic rings. The number of hydrogen-bond acceptors (Lipinski definition) is 4. The van der Waals surface area contributed by atoms with Crippen LogP contribution in [-0.4, -0.2) is 17.3 Å². The summed E-state index contributed by atoms with van der Waals surface area (Å²) in [4.78, 5) is 36.1. The predicted octanol–water partition coefficient (Wildman–Crippen LogP) is 2.28. The Bertz CT molecular complexity index is 543. The topological polar surface area (TPSA) is 51.2 Å². The second-order valence-corrected chi connectivity index (χ2v) is 6.25. The van der Waals surface area contributed by atoms with Gasteiger partial charge in [0.25, 0.3) is 5.78 Å². The minimum absolute atomic E-state index is 0.317. The molecule has 94 valence electrons. The van der Waals surface area contributed by atoms with Crippen molar-refractivity contribution in [3.05, 3.63) is 21.9 Å². The Morgan fingerprint density at radius 2 is 1.83 bits per heavy atom. The highest BCUT2D eigenvalue weighted by atomic mass is 32.1. The molecule has 18 heavy (non-hydrogen) atoms. The lowest BCUT2D eigenvalue weighted by molar-refractivity contribution is -0.141. The number of fused-ring (bicyclic) bond motifs is 1. The fourth-order valence-corrected chi connectivity index (χ4v) is 4.21. The maximum Gasteiger partial charge on any atom is 0.264 e. The van der Waals surface area contributed by atoms with Gasteiger partial charge in [-0.05, 0) is 49.1 Å². The third-order valence-electron chi connectivity index (χ3n) is 4.12. The van der Waals surface area contributed by atoms with Gasteiger partial charge in [0.2, 0.25) is 11.6 Å². The molecule has 3 unspecified atom stereocenters. The van der Waals surface area contributed by atoms with Crippen molar-refractivity contribution >= 4 is 28.7 Å². The average molecular weight is 262 g/mol. The summed E-state index contributed by atoms with van der Waals surface area (Å²) >= 11 is 1.71. The smallest absolute Gasteiger partial charge is 0.264 e. The van der Waals surface area contributed by atoms with Crippen molar-refractivity contribution in [1.82, 2.24) is 0 Å². The zero-order valence-electron chi connectivity index (χ0n) is 10.1. The van der Waals surface area contributed by atoms with Crippen molar-refractivity contribution in [3.8, 4) is 0 Å². The summed E-state index contributed by atoms with van der Waals surface area (Å²) in [6.45, 7) is 2.05. The number of rotatable bonds is 1. The Kier molecular flexibility index (Phi) is 2.70. The Hall–Kier alpha value is -1.29. The number of Topliss-reactive ketones (excluding diaryl/α,β-unsaturated/α-hetero) is 3. The molecule has 4 heteroatoms. The van der Waals surface area contributed by atoms with Crippen LogP contribution < -0.4 is 0 Å². The monoisotopic (exact) mass is 262 g/mol. The summed E-state index contributed by atoms with van der Waals surface area (Å²) in [7, 11) is 0. The van der Waals surface area contributed by atoms with E-state index in [1.165, 1.54) is 10.4 Å². The Labute approximate surface area is 109 Å². The van der Waals surface area contributed by atoms with Crippen LogP contribution in [0.2, 0.25) is 0 Å². The van der Waals surface area contributed by atoms with E-state index in [4.69, 9.17) is 0 Å². The molecular formula is C14H14O3S. The van der Waals surface area contributed by atoms with Gasteiger partial charge in [-0.3, -0.25) is 14.4 Å². The maximum atomic E-state index is 11.8. The maximum absolute atomic E-state index is 11.8. The van der Waals surface area contributed by atoms with Gasteiger partial charge in [-0.1, -0.05) is 0 Å². The van der Waals surface area contributed by atoms with Crippen LogP contribution in [0.4, 0.5) is 0 Å². The van der Waals surface area contributed by atoms with Gasteiger partial charge in [-0.25, -0.2) is 0 Å². The van der Waals surface area contributed by atoms with Crippen molar-refractivity contribution in [2.75, 3.05) is 0 Å². The lowest BCUT2D eigenvalue weighted by Gasteiger charge is -2.28. The number of carbonyl (C=O) groups excluding carboxylic acids is 3. The minimum atomic E-state index is -0.756. The molecule has 3 atom stereocenters. The summed E-state index contributed by atoms with van der Waals surface area (Å²) < 4.78 is 0. The van der Waals surface area contributed by atoms with Gasteiger partial charge in [0, 0.05) is 16.7 Å². The van der Waals surface area contributed by atoms with Gasteiger partial charge in [0.15, 0.2) is 0 Å². The van der Waals surface area contributed by atoms with Gasteiger partial charge in [0.1, 0.15) is 0 Å². The number of aryl methyl sites for hydroxylation is 1. The van der Waals surface area contributed by atoms with Crippen LogP contribution >= 0.6 is 11.3 Å². The molecule has 2 aliphatic rings. The molecule has 3 rings (SSSR count). The van der Waals surface area contributed by atoms with E-state index in [0.29, 0.717) is 18.8 Å². The molecule has 0 radical (unpaired) electrons. The number of hydrogen-bond donors (Lipinski definition) is 0. The standard InChI is InChI=1S/C14H14O3S/c1-7-4-11(18-6-7)8-2-3-9-10(5-8)13(16)14(17)12(9)15/h4,6,8-10H,2-3,5H2,1H3. The summed E-state index contributed by atoms with van der Waals surface area (Å²) in [5, 5.41) is 2.11. The first-order chi connectivity index (χ1) is 8.58. The van der Waals surface area contributed by atoms with E-state index in [-0.39, 0.29) is 11.8 Å². The van der Waals surface area contributed by atoms with Crippen LogP contribution in [0.15, 0.2) is 11.4 Å². The van der Waals surface area contributed by atoms with Crippen molar-refractivity contribution in [1.29, 1.82) is 0 Å². The second kappa shape index (κ2) is 4.12. The molecule has 3 nitrogen and oxygen atoms in total. The van der Waals surface area contributed by atoms with E-state index in [1.54, 1.807) is 11.3 Å². The van der Waals surface area contributed by atoms with E-state index in [1.807, 2.05) is 0 Å². The van der Waals surface area contributed by atoms with Crippen LogP contribution in [0.5, 0.6) is 0 Å². The van der Waals surface area contributed by atoms with E-state index in [0.717, 1.165) is 6.42 Å². The van der Waals surface area contributed by atoms with Crippen LogP contribution in [-0.2, 0) is 14.4 Å². The lowest BCUT2D eigenvalue weighted by atomic mass is 9.75. The fraction of sp³-hybridized carbons (Fsp3) is 0.500. The van der Waals surface area contributed by atoms with Crippen LogP contribution in [0, 0.1) is 18.8 Å². The largest absolute Gasteiger partial charge is 0.290 e. The first-order valence-corrected chi connectivity index (χ1v) is 7.13. The highest BCUT2D eigenvalue weighted by Gasteiger charge is 2.51. The molecule has 1 heterocycles. The highest BCUT2D eigenvalue weighted by molar-refractivity contribution is 7.10. The third kappa shape index (κ3) is 1.67. The summed E-state index contributed by atoms with van der Waals surface area (Å²) in [5.74, 6) is -1.96. The van der Waals surface area contributed by atoms with Crippen LogP contribution in [0.25, 0.3) is 0 Å². The SMILES string of the molecule is Cc1csc(C2CCC3C(=O)C(=O)C(=O)C3C2)c1. The Balaban J connectivity index is 1.84. The number of ketones is 3. The van der Waals surface area contributed by atoms with E-state index in [9.17, 15) is 14.4 Å². The molecule has 1 aromatic heterocycles. The van der Waals surface area contributed by atoms with Gasteiger partial charge in [-0.2, -0.15) is 0 Å². The molecule has 2 fully saturated rings. The molecule has 0 bridgehead atoms. The van der Waals surface area contributed by atoms with Gasteiger partial charge in [-0.15, -0.1) is 11.3 Å². The highest BCUT2D eigenvalue weighted by Crippen LogP contribution is 2.44. The Morgan fingerprint density at radius 1 is 1.11 bits per heavy atom. The molecule has 0 N–H and O–H groups in total. The second-order valence-electron chi connectivity index (χ2n) is 5.31. The lowest BCUT2D eigenvalue weighted by Crippen LogP contribution is -2.25. The molecule has 0 spiro atoms. The Morgan fingerprint density at radius 3 is 2.50 bits per heavy atom. The predicted molar refractivity (Wildman–Crippen MR) is 67.6 cm³/mol. The van der Waals surface area contributed by atoms with Crippen molar-refractivity contribution in [2.24, 2.45) is 11.8 Å². The van der Waals surface area contributed by atoms with Crippen LogP contribution in [0.1, 0.15) is 35.6 Å². The molecule has 0 amide bonds. The van der Waals surface area contributed by atoms with Gasteiger partial charge < -0.3 is 0 Å². The first kappa shape index (κ1) is 11.8. The zero-order valence-corrected chi connectivity index (χ0v) is 11.0. The quantitative estimate of drug-likeness (QED) is 0.730. The molecular weight excluding hydrogens is 248 g/mol. The summed E-state index contributed by atoms with van der Waals surface area (Å²) in [6.07, 6.45) is 2.26. The molecule has 0 saturated heterocycles. The normalized spacial score (nSPS) is 31.8. The number of carbonyl (C=O) groups is 3. The van der Waals surface area contributed by atoms with Crippen molar-refractivity contribution in [2.45, 2.75) is 32.1 Å². The molecule has 2 aliphatic carbocycles. The summed E-state index contributed by atoms with van der Waals surface area (Å²) in [5.41, 5.74) is 1.24. The average Bonchev–Trinajstić information content (AvgIpc) is 2.89. The zero-order chi connectivity index (χ0) is 12.9. The third-order valence-corrected chi connectivity index (χ3v) is 5.34. The van der Waals surface area contributed by atoms with Crippen molar-refractivity contribution in [3.63, 3.8) is 0 Å². The van der Waals surface area contributed by atoms with Gasteiger partial charge in [0.05, 0.1) is 0 Å². The van der Waals surface area contributed by atoms with E-state index < -0.39 is 17.3 Å². The fourth-order valence-electron chi connectivity index (χ4n) is 3.16. The van der Waals surface area contributed by atoms with Crippen molar-refractivity contribution < 1.29 is 14.4 Å². The van der Waals surface area contributed by atoms with Crippen LogP contribution in [0.3, 0.4) is 0 Å². The molecule has 0 aliphatic heterocycles. The summed E-state index contributed by atoms with van der Waals surface area (Å²) in [6, 6.07) is 2.15. The number of thiophene rings is 1. The first-order valence-electron chi connectivity index (χ1n) is 6.25. The van der Waals surface area contributed by atoms with E-state index >= 15 is 0 Å². The van der Waals surface area contributed by atoms with E-state index in [2.05, 4.69) is 18.4 Å². The van der Waals surface area contributed by atoms with Gasteiger partial charge >= 0.3 is 0 Å². The minimum Gasteiger partial charge on any atom is -0.290 e.